The van der Waals surface area contributed by atoms with Crippen molar-refractivity contribution in [1.29, 1.82) is 0 Å². The van der Waals surface area contributed by atoms with E-state index >= 15 is 0 Å². The maximum atomic E-state index is 13.3. The Morgan fingerprint density at radius 2 is 1.80 bits per heavy atom. The van der Waals surface area contributed by atoms with Gasteiger partial charge in [0.2, 0.25) is 0 Å². The van der Waals surface area contributed by atoms with Crippen LogP contribution in [0.5, 0.6) is 0 Å². The van der Waals surface area contributed by atoms with Gasteiger partial charge in [-0.25, -0.2) is 13.8 Å². The van der Waals surface area contributed by atoms with Crippen LogP contribution in [-0.4, -0.2) is 51.8 Å². The number of likely N-dealkylation sites (tertiary alicyclic amines) is 1. The number of nitrogens with one attached hydrogen (secondary N) is 1. The molecule has 2 amide bonds. The topological polar surface area (TPSA) is 67.2 Å². The highest BCUT2D eigenvalue weighted by Gasteiger charge is 2.35. The molecule has 1 aliphatic heterocycles. The minimum Gasteiger partial charge on any atom is -0.352 e. The Bertz CT molecular complexity index is 1080. The number of hydrogen-bond acceptors (Lipinski definition) is 3. The van der Waals surface area contributed by atoms with Crippen molar-refractivity contribution in [3.05, 3.63) is 59.9 Å². The van der Waals surface area contributed by atoms with E-state index < -0.39 is 5.92 Å². The van der Waals surface area contributed by atoms with Crippen molar-refractivity contribution < 1.29 is 18.4 Å². The summed E-state index contributed by atoms with van der Waals surface area (Å²) in [5.74, 6) is -3.10. The number of piperidine rings is 1. The molecular weight excluding hydrogens is 390 g/mol. The van der Waals surface area contributed by atoms with Crippen molar-refractivity contribution in [1.82, 2.24) is 19.8 Å². The molecule has 30 heavy (non-hydrogen) atoms. The fraction of sp³-hybridized carbons (Fsp3) is 0.318. The van der Waals surface area contributed by atoms with Crippen LogP contribution in [0.2, 0.25) is 0 Å². The molecule has 3 heterocycles. The van der Waals surface area contributed by atoms with Crippen LogP contribution >= 0.6 is 0 Å². The van der Waals surface area contributed by atoms with Crippen molar-refractivity contribution in [2.45, 2.75) is 25.7 Å². The average molecular weight is 412 g/mol. The number of hydrogen-bond donors (Lipinski definition) is 1. The van der Waals surface area contributed by atoms with Crippen molar-refractivity contribution in [3.8, 4) is 5.69 Å². The molecule has 0 saturated carbocycles. The van der Waals surface area contributed by atoms with E-state index in [1.165, 1.54) is 11.1 Å². The lowest BCUT2D eigenvalue weighted by atomic mass is 10.1. The fourth-order valence-corrected chi connectivity index (χ4v) is 3.60. The van der Waals surface area contributed by atoms with Gasteiger partial charge < -0.3 is 14.8 Å². The normalized spacial score (nSPS) is 15.9. The summed E-state index contributed by atoms with van der Waals surface area (Å²) in [5, 5.41) is 3.53. The predicted octanol–water partition coefficient (Wildman–Crippen LogP) is 3.65. The third-order valence-electron chi connectivity index (χ3n) is 5.30. The summed E-state index contributed by atoms with van der Waals surface area (Å²) in [5.41, 5.74) is 2.47. The van der Waals surface area contributed by atoms with Gasteiger partial charge in [0.05, 0.1) is 5.56 Å². The van der Waals surface area contributed by atoms with Crippen LogP contribution in [-0.2, 0) is 0 Å². The van der Waals surface area contributed by atoms with Crippen LogP contribution in [0.3, 0.4) is 0 Å². The molecule has 0 aliphatic carbocycles. The van der Waals surface area contributed by atoms with Gasteiger partial charge in [0.15, 0.2) is 0 Å². The zero-order valence-electron chi connectivity index (χ0n) is 16.6. The molecule has 1 fully saturated rings. The molecule has 156 valence electrons. The van der Waals surface area contributed by atoms with Crippen molar-refractivity contribution in [2.75, 3.05) is 19.6 Å². The summed E-state index contributed by atoms with van der Waals surface area (Å²) in [6.45, 7) is 2.52. The first-order valence-corrected chi connectivity index (χ1v) is 9.91. The molecule has 2 aromatic heterocycles. The number of amides is 2. The third kappa shape index (κ3) is 3.90. The zero-order chi connectivity index (χ0) is 21.3. The van der Waals surface area contributed by atoms with Gasteiger partial charge in [0, 0.05) is 61.5 Å². The van der Waals surface area contributed by atoms with Crippen LogP contribution in [0, 0.1) is 0 Å². The van der Waals surface area contributed by atoms with E-state index in [1.807, 2.05) is 35.9 Å². The van der Waals surface area contributed by atoms with E-state index in [0.29, 0.717) is 23.3 Å². The van der Waals surface area contributed by atoms with Gasteiger partial charge in [0.1, 0.15) is 5.65 Å². The number of pyridine rings is 1. The second-order valence-corrected chi connectivity index (χ2v) is 7.38. The number of benzene rings is 1. The van der Waals surface area contributed by atoms with Gasteiger partial charge in [-0.1, -0.05) is 0 Å². The Balaban J connectivity index is 1.55. The van der Waals surface area contributed by atoms with Crippen molar-refractivity contribution >= 4 is 22.8 Å². The van der Waals surface area contributed by atoms with E-state index in [2.05, 4.69) is 10.3 Å². The second kappa shape index (κ2) is 7.85. The maximum absolute atomic E-state index is 13.3. The van der Waals surface area contributed by atoms with E-state index in [9.17, 15) is 18.4 Å². The van der Waals surface area contributed by atoms with E-state index in [4.69, 9.17) is 0 Å². The maximum Gasteiger partial charge on any atom is 0.255 e. The molecule has 0 radical (unpaired) electrons. The van der Waals surface area contributed by atoms with Gasteiger partial charge >= 0.3 is 0 Å². The van der Waals surface area contributed by atoms with Crippen molar-refractivity contribution in [2.24, 2.45) is 0 Å². The number of rotatable bonds is 4. The van der Waals surface area contributed by atoms with Crippen LogP contribution in [0.4, 0.5) is 8.78 Å². The number of fused-ring (bicyclic) bond motifs is 1. The Morgan fingerprint density at radius 3 is 2.47 bits per heavy atom. The highest BCUT2D eigenvalue weighted by atomic mass is 19.3. The van der Waals surface area contributed by atoms with E-state index in [1.54, 1.807) is 18.2 Å². The molecule has 0 bridgehead atoms. The monoisotopic (exact) mass is 412 g/mol. The zero-order valence-corrected chi connectivity index (χ0v) is 16.6. The van der Waals surface area contributed by atoms with Gasteiger partial charge in [-0.05, 0) is 43.3 Å². The molecule has 0 spiro atoms. The molecule has 1 N–H and O–H groups in total. The second-order valence-electron chi connectivity index (χ2n) is 7.38. The van der Waals surface area contributed by atoms with Crippen LogP contribution in [0.15, 0.2) is 48.8 Å². The summed E-state index contributed by atoms with van der Waals surface area (Å²) in [4.78, 5) is 30.5. The number of carbonyl (C=O) groups is 2. The fourth-order valence-electron chi connectivity index (χ4n) is 3.60. The highest BCUT2D eigenvalue weighted by Crippen LogP contribution is 2.29. The first kappa shape index (κ1) is 20.0. The summed E-state index contributed by atoms with van der Waals surface area (Å²) in [7, 11) is 0. The summed E-state index contributed by atoms with van der Waals surface area (Å²) in [6.07, 6.45) is 2.71. The standard InChI is InChI=1S/C22H22F2N4O2/c1-2-25-20(29)15-3-5-18(6-4-15)28-10-7-16-13-17(14-26-19(16)28)21(30)27-11-8-22(23,24)9-12-27/h3-7,10,13-14H,2,8-9,11-12H2,1H3,(H,25,29). The summed E-state index contributed by atoms with van der Waals surface area (Å²) >= 11 is 0. The van der Waals surface area contributed by atoms with E-state index in [-0.39, 0.29) is 37.7 Å². The van der Waals surface area contributed by atoms with Crippen LogP contribution in [0.25, 0.3) is 16.7 Å². The largest absolute Gasteiger partial charge is 0.352 e. The minimum atomic E-state index is -2.69. The predicted molar refractivity (Wildman–Crippen MR) is 109 cm³/mol. The van der Waals surface area contributed by atoms with Gasteiger partial charge in [-0.15, -0.1) is 0 Å². The molecule has 4 rings (SSSR count). The highest BCUT2D eigenvalue weighted by molar-refractivity contribution is 5.97. The first-order valence-electron chi connectivity index (χ1n) is 9.91. The summed E-state index contributed by atoms with van der Waals surface area (Å²) in [6, 6.07) is 10.7. The Hall–Kier alpha value is -3.29. The van der Waals surface area contributed by atoms with Crippen LogP contribution in [0.1, 0.15) is 40.5 Å². The molecule has 1 aliphatic rings. The lowest BCUT2D eigenvalue weighted by Gasteiger charge is -2.31. The molecule has 1 saturated heterocycles. The van der Waals surface area contributed by atoms with Gasteiger partial charge in [0.25, 0.3) is 17.7 Å². The molecule has 6 nitrogen and oxygen atoms in total. The third-order valence-corrected chi connectivity index (χ3v) is 5.30. The number of alkyl halides is 2. The average Bonchev–Trinajstić information content (AvgIpc) is 3.17. The smallest absolute Gasteiger partial charge is 0.255 e. The SMILES string of the molecule is CCNC(=O)c1ccc(-n2ccc3cc(C(=O)N4CCC(F)(F)CC4)cnc32)cc1. The first-order chi connectivity index (χ1) is 14.4. The molecule has 1 aromatic carbocycles. The minimum absolute atomic E-state index is 0.0445. The molecule has 3 aromatic rings. The lowest BCUT2D eigenvalue weighted by molar-refractivity contribution is -0.0494. The van der Waals surface area contributed by atoms with Gasteiger partial charge in [-0.2, -0.15) is 0 Å². The number of halogens is 2. The Kier molecular flexibility index (Phi) is 5.24. The number of carbonyl (C=O) groups excluding carboxylic acids is 2. The Morgan fingerprint density at radius 1 is 1.10 bits per heavy atom. The lowest BCUT2D eigenvalue weighted by Crippen LogP contribution is -2.42. The Labute approximate surface area is 172 Å². The van der Waals surface area contributed by atoms with Gasteiger partial charge in [-0.3, -0.25) is 9.59 Å². The molecular formula is C22H22F2N4O2. The van der Waals surface area contributed by atoms with Crippen molar-refractivity contribution in [3.63, 3.8) is 0 Å². The number of aromatic nitrogens is 2. The molecule has 8 heteroatoms. The quantitative estimate of drug-likeness (QED) is 0.711. The number of nitrogens with zero attached hydrogens (tertiary/aromatic N) is 3. The molecule has 0 unspecified atom stereocenters. The van der Waals surface area contributed by atoms with E-state index in [0.717, 1.165) is 11.1 Å². The molecule has 0 atom stereocenters. The summed E-state index contributed by atoms with van der Waals surface area (Å²) < 4.78 is 28.6. The van der Waals surface area contributed by atoms with Crippen LogP contribution < -0.4 is 5.32 Å².